The van der Waals surface area contributed by atoms with Gasteiger partial charge in [-0.1, -0.05) is 50.1 Å². The molecule has 0 aliphatic carbocycles. The fourth-order valence-corrected chi connectivity index (χ4v) is 4.57. The first-order chi connectivity index (χ1) is 16.0. The maximum atomic E-state index is 13.1. The van der Waals surface area contributed by atoms with Crippen LogP contribution in [0, 0.1) is 0 Å². The Kier molecular flexibility index (Phi) is 7.58. The third-order valence-corrected chi connectivity index (χ3v) is 6.30. The van der Waals surface area contributed by atoms with Crippen LogP contribution in [0.3, 0.4) is 0 Å². The number of ether oxygens (including phenoxy) is 3. The number of hydrogen-bond donors (Lipinski definition) is 1. The molecule has 0 saturated carbocycles. The first-order valence-electron chi connectivity index (χ1n) is 11.7. The zero-order valence-corrected chi connectivity index (χ0v) is 19.9. The molecule has 0 spiro atoms. The van der Waals surface area contributed by atoms with Crippen LogP contribution >= 0.6 is 11.6 Å². The van der Waals surface area contributed by atoms with Crippen molar-refractivity contribution in [2.75, 3.05) is 19.9 Å². The summed E-state index contributed by atoms with van der Waals surface area (Å²) in [4.78, 5) is 14.5. The minimum Gasteiger partial charge on any atom is -0.872 e. The molecule has 0 unspecified atom stereocenters. The molecule has 0 fully saturated rings. The van der Waals surface area contributed by atoms with Gasteiger partial charge in [0.05, 0.1) is 25.3 Å². The van der Waals surface area contributed by atoms with E-state index in [1.165, 1.54) is 11.0 Å². The molecule has 7 heteroatoms. The molecule has 2 aromatic carbocycles. The molecule has 0 saturated heterocycles. The average molecular weight is 472 g/mol. The Morgan fingerprint density at radius 2 is 1.88 bits per heavy atom. The molecular formula is C26H30ClNO5. The maximum Gasteiger partial charge on any atom is 0.231 e. The number of Topliss-reactive ketones (excluding diaryl/α,β-unsaturated/α-hetero) is 1. The smallest absolute Gasteiger partial charge is 0.231 e. The molecular weight excluding hydrogens is 442 g/mol. The number of unbranched alkanes of at least 4 members (excludes halogenated alkanes) is 2. The van der Waals surface area contributed by atoms with E-state index in [1.54, 1.807) is 24.3 Å². The molecule has 2 heterocycles. The van der Waals surface area contributed by atoms with E-state index in [0.717, 1.165) is 44.3 Å². The van der Waals surface area contributed by atoms with Crippen molar-refractivity contribution in [3.8, 4) is 17.2 Å². The highest BCUT2D eigenvalue weighted by Crippen LogP contribution is 2.40. The maximum absolute atomic E-state index is 13.1. The number of halogens is 1. The lowest BCUT2D eigenvalue weighted by molar-refractivity contribution is -0.914. The third kappa shape index (κ3) is 5.18. The molecule has 2 aromatic rings. The van der Waals surface area contributed by atoms with Gasteiger partial charge in [0, 0.05) is 21.7 Å². The van der Waals surface area contributed by atoms with Crippen LogP contribution in [0.1, 0.15) is 66.6 Å². The first kappa shape index (κ1) is 23.6. The number of carbonyl (C=O) groups is 1. The van der Waals surface area contributed by atoms with E-state index >= 15 is 0 Å². The second-order valence-electron chi connectivity index (χ2n) is 8.59. The molecule has 176 valence electrons. The number of hydrogen-bond acceptors (Lipinski definition) is 5. The predicted molar refractivity (Wildman–Crippen MR) is 125 cm³/mol. The monoisotopic (exact) mass is 471 g/mol. The first-order valence-corrected chi connectivity index (χ1v) is 12.0. The van der Waals surface area contributed by atoms with Gasteiger partial charge in [-0.25, -0.2) is 0 Å². The fourth-order valence-electron chi connectivity index (χ4n) is 4.32. The van der Waals surface area contributed by atoms with Crippen molar-refractivity contribution in [2.24, 2.45) is 0 Å². The number of benzene rings is 2. The number of nitrogens with one attached hydrogen (secondary N) is 1. The van der Waals surface area contributed by atoms with Gasteiger partial charge in [0.25, 0.3) is 0 Å². The van der Waals surface area contributed by atoms with Crippen LogP contribution in [0.15, 0.2) is 30.0 Å². The number of carbonyl (C=O) groups excluding carboxylic acids is 1. The van der Waals surface area contributed by atoms with E-state index in [0.29, 0.717) is 46.4 Å². The van der Waals surface area contributed by atoms with Gasteiger partial charge < -0.3 is 24.2 Å². The highest BCUT2D eigenvalue weighted by molar-refractivity contribution is 6.31. The number of fused-ring (bicyclic) bond motifs is 2. The fraction of sp³-hybridized carbons (Fsp3) is 0.423. The normalized spacial score (nSPS) is 16.0. The van der Waals surface area contributed by atoms with Crippen LogP contribution in [0.25, 0.3) is 6.08 Å². The predicted octanol–water partition coefficient (Wildman–Crippen LogP) is 3.88. The SMILES string of the molecule is CCCC[NH+](CCCC)Cc1c([O-])ccc2c1O/C(=C\c1cc(Cl)cc3c1OCOC3)C2=O. The summed E-state index contributed by atoms with van der Waals surface area (Å²) in [5.74, 6) is 0.860. The van der Waals surface area contributed by atoms with Crippen molar-refractivity contribution in [3.63, 3.8) is 0 Å². The Balaban J connectivity index is 1.65. The largest absolute Gasteiger partial charge is 0.872 e. The number of allylic oxidation sites excluding steroid dienone is 1. The number of rotatable bonds is 9. The van der Waals surface area contributed by atoms with Crippen molar-refractivity contribution in [2.45, 2.75) is 52.7 Å². The second kappa shape index (κ2) is 10.6. The van der Waals surface area contributed by atoms with E-state index in [4.69, 9.17) is 25.8 Å². The third-order valence-electron chi connectivity index (χ3n) is 6.08. The van der Waals surface area contributed by atoms with E-state index < -0.39 is 0 Å². The lowest BCUT2D eigenvalue weighted by Gasteiger charge is -2.23. The van der Waals surface area contributed by atoms with Gasteiger partial charge in [-0.2, -0.15) is 0 Å². The average Bonchev–Trinajstić information content (AvgIpc) is 3.12. The van der Waals surface area contributed by atoms with Gasteiger partial charge in [0.15, 0.2) is 12.6 Å². The molecule has 2 aliphatic rings. The van der Waals surface area contributed by atoms with Crippen molar-refractivity contribution in [1.82, 2.24) is 0 Å². The Labute approximate surface area is 199 Å². The summed E-state index contributed by atoms with van der Waals surface area (Å²) in [5, 5.41) is 13.3. The van der Waals surface area contributed by atoms with E-state index in [9.17, 15) is 9.90 Å². The molecule has 2 aliphatic heterocycles. The van der Waals surface area contributed by atoms with Gasteiger partial charge in [-0.15, -0.1) is 0 Å². The molecule has 33 heavy (non-hydrogen) atoms. The summed E-state index contributed by atoms with van der Waals surface area (Å²) in [6.07, 6.45) is 6.04. The second-order valence-corrected chi connectivity index (χ2v) is 9.02. The summed E-state index contributed by atoms with van der Waals surface area (Å²) in [6, 6.07) is 6.58. The molecule has 0 bridgehead atoms. The topological polar surface area (TPSA) is 72.3 Å². The lowest BCUT2D eigenvalue weighted by Crippen LogP contribution is -3.10. The van der Waals surface area contributed by atoms with Crippen LogP contribution in [0.2, 0.25) is 5.02 Å². The summed E-state index contributed by atoms with van der Waals surface area (Å²) in [6.45, 7) is 7.39. The van der Waals surface area contributed by atoms with Crippen molar-refractivity contribution < 1.29 is 29.0 Å². The van der Waals surface area contributed by atoms with Crippen molar-refractivity contribution in [1.29, 1.82) is 0 Å². The Morgan fingerprint density at radius 3 is 2.61 bits per heavy atom. The van der Waals surface area contributed by atoms with Crippen LogP contribution in [0.5, 0.6) is 17.2 Å². The molecule has 1 N–H and O–H groups in total. The van der Waals surface area contributed by atoms with Gasteiger partial charge in [-0.05, 0) is 37.1 Å². The minimum atomic E-state index is -0.240. The van der Waals surface area contributed by atoms with Gasteiger partial charge in [0.2, 0.25) is 5.78 Å². The van der Waals surface area contributed by atoms with Crippen LogP contribution < -0.4 is 19.5 Å². The standard InChI is InChI=1S/C26H30ClNO5/c1-3-5-9-28(10-6-4-2)14-21-22(29)8-7-20-24(30)23(33-26(20)21)13-17-11-19(27)12-18-15-31-16-32-25(17)18/h7-8,11-13,29H,3-6,9-10,14-16H2,1-2H3/b23-13-. The summed E-state index contributed by atoms with van der Waals surface area (Å²) in [5.41, 5.74) is 2.47. The van der Waals surface area contributed by atoms with Gasteiger partial charge in [0.1, 0.15) is 18.0 Å². The van der Waals surface area contributed by atoms with E-state index in [2.05, 4.69) is 13.8 Å². The molecule has 4 rings (SSSR count). The van der Waals surface area contributed by atoms with Crippen LogP contribution in [0.4, 0.5) is 0 Å². The molecule has 0 aromatic heterocycles. The summed E-state index contributed by atoms with van der Waals surface area (Å²) < 4.78 is 17.0. The quantitative estimate of drug-likeness (QED) is 0.562. The molecule has 0 atom stereocenters. The molecule has 0 amide bonds. The Bertz CT molecular complexity index is 1060. The van der Waals surface area contributed by atoms with Gasteiger partial charge >= 0.3 is 0 Å². The highest BCUT2D eigenvalue weighted by Gasteiger charge is 2.31. The van der Waals surface area contributed by atoms with E-state index in [1.807, 2.05) is 0 Å². The molecule has 6 nitrogen and oxygen atoms in total. The van der Waals surface area contributed by atoms with Crippen LogP contribution in [-0.4, -0.2) is 25.7 Å². The van der Waals surface area contributed by atoms with Crippen molar-refractivity contribution in [3.05, 3.63) is 57.3 Å². The lowest BCUT2D eigenvalue weighted by atomic mass is 10.0. The minimum absolute atomic E-state index is 0.0890. The van der Waals surface area contributed by atoms with Gasteiger partial charge in [-0.3, -0.25) is 4.79 Å². The Morgan fingerprint density at radius 1 is 1.12 bits per heavy atom. The van der Waals surface area contributed by atoms with Crippen LogP contribution in [-0.2, 0) is 17.9 Å². The zero-order valence-electron chi connectivity index (χ0n) is 19.2. The molecule has 0 radical (unpaired) electrons. The zero-order chi connectivity index (χ0) is 23.4. The Hall–Kier alpha value is -2.54. The number of quaternary nitrogens is 1. The van der Waals surface area contributed by atoms with Crippen molar-refractivity contribution >= 4 is 23.5 Å². The number of ketones is 1. The summed E-state index contributed by atoms with van der Waals surface area (Å²) >= 11 is 6.27. The van der Waals surface area contributed by atoms with E-state index in [-0.39, 0.29) is 24.1 Å². The highest BCUT2D eigenvalue weighted by atomic mass is 35.5. The summed E-state index contributed by atoms with van der Waals surface area (Å²) in [7, 11) is 0.